The smallest absolute Gasteiger partial charge is 0.472 e. The fraction of sp³-hybridized carbons (Fsp3) is 0.711. The van der Waals surface area contributed by atoms with Crippen LogP contribution in [0.5, 0.6) is 0 Å². The molecule has 0 aromatic rings. The van der Waals surface area contributed by atoms with Crippen molar-refractivity contribution in [2.75, 3.05) is 19.8 Å². The van der Waals surface area contributed by atoms with Crippen LogP contribution >= 0.6 is 7.82 Å². The molecule has 0 heterocycles. The summed E-state index contributed by atoms with van der Waals surface area (Å²) in [6.45, 7) is 2.49. The number of allylic oxidation sites excluding steroid dienone is 7. The molecule has 4 atom stereocenters. The zero-order valence-electron chi connectivity index (χ0n) is 31.0. The lowest BCUT2D eigenvalue weighted by Gasteiger charge is -2.20. The first-order valence-electron chi connectivity index (χ1n) is 18.8. The molecule has 5 N–H and O–H groups in total. The van der Waals surface area contributed by atoms with Gasteiger partial charge in [-0.15, -0.1) is 0 Å². The fourth-order valence-electron chi connectivity index (χ4n) is 4.64. The van der Waals surface area contributed by atoms with Crippen molar-refractivity contribution >= 4 is 25.7 Å². The van der Waals surface area contributed by atoms with Crippen LogP contribution in [0.4, 0.5) is 0 Å². The largest absolute Gasteiger partial charge is 0.480 e. The van der Waals surface area contributed by atoms with E-state index in [9.17, 15) is 28.9 Å². The minimum absolute atomic E-state index is 0.0882. The first-order chi connectivity index (χ1) is 24.5. The van der Waals surface area contributed by atoms with E-state index in [0.29, 0.717) is 19.3 Å². The van der Waals surface area contributed by atoms with E-state index in [2.05, 4.69) is 42.7 Å². The van der Waals surface area contributed by atoms with Gasteiger partial charge in [0, 0.05) is 12.8 Å². The van der Waals surface area contributed by atoms with Crippen molar-refractivity contribution in [3.05, 3.63) is 48.6 Å². The summed E-state index contributed by atoms with van der Waals surface area (Å²) in [7, 11) is -4.74. The van der Waals surface area contributed by atoms with Crippen LogP contribution in [0.3, 0.4) is 0 Å². The van der Waals surface area contributed by atoms with Crippen molar-refractivity contribution in [3.63, 3.8) is 0 Å². The molecule has 0 aromatic carbocycles. The number of aliphatic hydroxyl groups is 1. The Morgan fingerprint density at radius 2 is 1.33 bits per heavy atom. The molecule has 0 aromatic heterocycles. The third kappa shape index (κ3) is 33.0. The van der Waals surface area contributed by atoms with E-state index in [1.165, 1.54) is 12.8 Å². The molecule has 294 valence electrons. The molecule has 0 aliphatic heterocycles. The van der Waals surface area contributed by atoms with Crippen LogP contribution in [-0.4, -0.2) is 71.1 Å². The van der Waals surface area contributed by atoms with Crippen molar-refractivity contribution in [2.45, 2.75) is 154 Å². The number of hydrogen-bond donors (Lipinski definition) is 4. The van der Waals surface area contributed by atoms with Gasteiger partial charge >= 0.3 is 25.7 Å². The summed E-state index contributed by atoms with van der Waals surface area (Å²) in [6.07, 6.45) is 30.7. The van der Waals surface area contributed by atoms with Gasteiger partial charge in [-0.2, -0.15) is 0 Å². The molecule has 0 radical (unpaired) electrons. The number of aliphatic carboxylic acids is 1. The number of phosphoric acid groups is 1. The maximum Gasteiger partial charge on any atom is 0.472 e. The van der Waals surface area contributed by atoms with Gasteiger partial charge in [0.2, 0.25) is 0 Å². The number of phosphoric ester groups is 1. The van der Waals surface area contributed by atoms with E-state index < -0.39 is 57.2 Å². The highest BCUT2D eigenvalue weighted by atomic mass is 31.2. The summed E-state index contributed by atoms with van der Waals surface area (Å²) in [5.41, 5.74) is 5.30. The second-order valence-electron chi connectivity index (χ2n) is 12.5. The second-order valence-corrected chi connectivity index (χ2v) is 14.0. The number of unbranched alkanes of at least 4 members (excludes halogenated alkanes) is 11. The number of esters is 2. The number of hydrogen-bond acceptors (Lipinski definition) is 10. The molecule has 0 amide bonds. The molecule has 0 aliphatic rings. The number of carbonyl (C=O) groups excluding carboxylic acids is 2. The summed E-state index contributed by atoms with van der Waals surface area (Å²) in [5.74, 6) is -2.49. The number of ether oxygens (including phenoxy) is 2. The van der Waals surface area contributed by atoms with Crippen molar-refractivity contribution < 1.29 is 52.6 Å². The molecule has 2 unspecified atom stereocenters. The van der Waals surface area contributed by atoms with E-state index in [-0.39, 0.29) is 19.4 Å². The quantitative estimate of drug-likeness (QED) is 0.0163. The van der Waals surface area contributed by atoms with Gasteiger partial charge in [0.15, 0.2) is 6.10 Å². The van der Waals surface area contributed by atoms with Gasteiger partial charge in [0.25, 0.3) is 0 Å². The molecule has 0 spiro atoms. The Balaban J connectivity index is 4.56. The Labute approximate surface area is 306 Å². The molecular formula is C38H66NO11P. The number of aliphatic hydroxyl groups excluding tert-OH is 1. The molecule has 0 rings (SSSR count). The summed E-state index contributed by atoms with van der Waals surface area (Å²) in [6, 6.07) is -1.54. The Hall–Kier alpha value is -2.60. The van der Waals surface area contributed by atoms with Gasteiger partial charge in [-0.05, 0) is 51.4 Å². The first kappa shape index (κ1) is 48.4. The van der Waals surface area contributed by atoms with Crippen LogP contribution < -0.4 is 5.73 Å². The van der Waals surface area contributed by atoms with Gasteiger partial charge in [-0.3, -0.25) is 23.4 Å². The number of carboxylic acid groups (broad SMARTS) is 1. The van der Waals surface area contributed by atoms with Crippen LogP contribution in [0.2, 0.25) is 0 Å². The van der Waals surface area contributed by atoms with Gasteiger partial charge in [0.1, 0.15) is 12.6 Å². The topological polar surface area (TPSA) is 192 Å². The van der Waals surface area contributed by atoms with Crippen LogP contribution in [0.25, 0.3) is 0 Å². The number of nitrogens with two attached hydrogens (primary N) is 1. The average Bonchev–Trinajstić information content (AvgIpc) is 3.09. The zero-order valence-corrected chi connectivity index (χ0v) is 31.9. The van der Waals surface area contributed by atoms with Crippen molar-refractivity contribution in [1.29, 1.82) is 0 Å². The Bertz CT molecular complexity index is 1080. The third-order valence-corrected chi connectivity index (χ3v) is 8.62. The van der Waals surface area contributed by atoms with E-state index in [1.54, 1.807) is 6.08 Å². The molecule has 0 aliphatic carbocycles. The molecule has 51 heavy (non-hydrogen) atoms. The number of rotatable bonds is 34. The molecule has 0 bridgehead atoms. The van der Waals surface area contributed by atoms with Crippen molar-refractivity contribution in [3.8, 4) is 0 Å². The lowest BCUT2D eigenvalue weighted by molar-refractivity contribution is -0.161. The maximum atomic E-state index is 12.6. The maximum absolute atomic E-state index is 12.6. The van der Waals surface area contributed by atoms with E-state index in [0.717, 1.165) is 77.0 Å². The van der Waals surface area contributed by atoms with Crippen LogP contribution in [-0.2, 0) is 37.5 Å². The van der Waals surface area contributed by atoms with E-state index in [4.69, 9.17) is 24.8 Å². The highest BCUT2D eigenvalue weighted by Crippen LogP contribution is 2.43. The van der Waals surface area contributed by atoms with E-state index >= 15 is 0 Å². The molecule has 12 nitrogen and oxygen atoms in total. The summed E-state index contributed by atoms with van der Waals surface area (Å²) in [5, 5.41) is 19.0. The highest BCUT2D eigenvalue weighted by molar-refractivity contribution is 7.47. The monoisotopic (exact) mass is 743 g/mol. The number of carboxylic acids is 1. The molecule has 0 fully saturated rings. The van der Waals surface area contributed by atoms with Crippen LogP contribution in [0.1, 0.15) is 136 Å². The number of carbonyl (C=O) groups is 3. The van der Waals surface area contributed by atoms with Gasteiger partial charge in [-0.25, -0.2) is 4.57 Å². The molecule has 0 saturated carbocycles. The standard InChI is InChI=1S/C38H66NO11P/c1-3-5-7-9-11-12-13-14-16-20-24-28-36(41)47-30-34(31-48-51(45,46)49-32-35(39)38(43)44)50-37(42)29-25-21-17-19-23-27-33(40)26-22-18-15-10-8-6-4-2/h6,8-9,11,15,18,22,26,33-35,40H,3-5,7,10,12-14,16-17,19-21,23-25,27-32,39H2,1-2H3,(H,43,44)(H,45,46)/b8-6+,11-9-,18-15+,26-22+/t33?,34-,35+/m1/s1. The lowest BCUT2D eigenvalue weighted by Crippen LogP contribution is -2.34. The normalized spacial score (nSPS) is 15.1. The minimum atomic E-state index is -4.74. The molecule has 13 heteroatoms. The lowest BCUT2D eigenvalue weighted by atomic mass is 10.1. The third-order valence-electron chi connectivity index (χ3n) is 7.66. The zero-order chi connectivity index (χ0) is 38.0. The summed E-state index contributed by atoms with van der Waals surface area (Å²) >= 11 is 0. The van der Waals surface area contributed by atoms with Gasteiger partial charge in [0.05, 0.1) is 19.3 Å². The first-order valence-corrected chi connectivity index (χ1v) is 20.3. The Morgan fingerprint density at radius 1 is 0.725 bits per heavy atom. The predicted molar refractivity (Wildman–Crippen MR) is 200 cm³/mol. The van der Waals surface area contributed by atoms with Gasteiger partial charge in [-0.1, -0.05) is 120 Å². The fourth-order valence-corrected chi connectivity index (χ4v) is 5.42. The summed E-state index contributed by atoms with van der Waals surface area (Å²) in [4.78, 5) is 45.7. The average molecular weight is 744 g/mol. The molecular weight excluding hydrogens is 677 g/mol. The second kappa shape index (κ2) is 33.3. The van der Waals surface area contributed by atoms with Crippen LogP contribution in [0.15, 0.2) is 48.6 Å². The van der Waals surface area contributed by atoms with Crippen molar-refractivity contribution in [2.24, 2.45) is 5.73 Å². The SMILES string of the molecule is CC/C=C/C/C=C/C=C/C(O)CCCCCCCC(=O)O[C@H](COC(=O)CCCCCCC/C=C\CCCC)COP(=O)(O)OC[C@H](N)C(=O)O. The summed E-state index contributed by atoms with van der Waals surface area (Å²) < 4.78 is 32.5. The van der Waals surface area contributed by atoms with E-state index in [1.807, 2.05) is 18.2 Å². The van der Waals surface area contributed by atoms with Crippen LogP contribution in [0, 0.1) is 0 Å². The van der Waals surface area contributed by atoms with Gasteiger partial charge < -0.3 is 30.3 Å². The highest BCUT2D eigenvalue weighted by Gasteiger charge is 2.28. The predicted octanol–water partition coefficient (Wildman–Crippen LogP) is 8.02. The Kier molecular flexibility index (Phi) is 31.6. The Morgan fingerprint density at radius 3 is 2.00 bits per heavy atom. The minimum Gasteiger partial charge on any atom is -0.480 e. The van der Waals surface area contributed by atoms with Crippen molar-refractivity contribution in [1.82, 2.24) is 0 Å². The molecule has 0 saturated heterocycles.